The van der Waals surface area contributed by atoms with Gasteiger partial charge in [0.15, 0.2) is 0 Å². The van der Waals surface area contributed by atoms with Crippen LogP contribution in [-0.2, 0) is 14.3 Å². The number of ether oxygens (including phenoxy) is 1. The molecule has 1 aliphatic heterocycles. The van der Waals surface area contributed by atoms with E-state index in [2.05, 4.69) is 10.6 Å². The molecule has 0 spiro atoms. The Balaban J connectivity index is 1.53. The number of rotatable bonds is 7. The molecule has 2 N–H and O–H groups in total. The molecule has 0 fully saturated rings. The van der Waals surface area contributed by atoms with E-state index in [1.807, 2.05) is 0 Å². The minimum Gasteiger partial charge on any atom is -0.459 e. The van der Waals surface area contributed by atoms with E-state index in [4.69, 9.17) is 27.9 Å². The summed E-state index contributed by atoms with van der Waals surface area (Å²) in [5, 5.41) is 5.74. The molecule has 188 valence electrons. The van der Waals surface area contributed by atoms with Crippen molar-refractivity contribution in [3.05, 3.63) is 99.7 Å². The number of imide groups is 1. The van der Waals surface area contributed by atoms with Gasteiger partial charge in [-0.05, 0) is 68.4 Å². The molecule has 10 heteroatoms. The molecule has 0 aromatic heterocycles. The minimum atomic E-state index is -0.751. The second-order valence-electron chi connectivity index (χ2n) is 8.31. The molecule has 37 heavy (non-hydrogen) atoms. The standard InChI is InChI=1S/C27H21Cl2N3O5/c1-15(2)37-27(36)17-7-4-11-21(13-17)32-25(34)22(29)23(26(32)35)30-19-9-3-6-16(12-19)24(33)31-20-10-5-8-18(28)14-20/h3-15,30H,1-2H3,(H,31,33). The van der Waals surface area contributed by atoms with Crippen molar-refractivity contribution in [3.63, 3.8) is 0 Å². The summed E-state index contributed by atoms with van der Waals surface area (Å²) in [5.74, 6) is -2.44. The van der Waals surface area contributed by atoms with Gasteiger partial charge >= 0.3 is 5.97 Å². The Morgan fingerprint density at radius 1 is 0.838 bits per heavy atom. The lowest BCUT2D eigenvalue weighted by Crippen LogP contribution is -2.32. The summed E-state index contributed by atoms with van der Waals surface area (Å²) in [6.07, 6.45) is -0.332. The molecule has 0 unspecified atom stereocenters. The van der Waals surface area contributed by atoms with Crippen molar-refractivity contribution in [3.8, 4) is 0 Å². The normalized spacial score (nSPS) is 13.3. The predicted molar refractivity (Wildman–Crippen MR) is 142 cm³/mol. The van der Waals surface area contributed by atoms with E-state index in [0.717, 1.165) is 4.90 Å². The van der Waals surface area contributed by atoms with Crippen molar-refractivity contribution in [1.82, 2.24) is 0 Å². The molecule has 0 atom stereocenters. The first kappa shape index (κ1) is 25.9. The van der Waals surface area contributed by atoms with Crippen molar-refractivity contribution < 1.29 is 23.9 Å². The molecule has 3 aromatic carbocycles. The summed E-state index contributed by atoms with van der Waals surface area (Å²) in [6, 6.07) is 19.0. The highest BCUT2D eigenvalue weighted by Crippen LogP contribution is 2.31. The van der Waals surface area contributed by atoms with E-state index in [1.165, 1.54) is 30.3 Å². The first-order valence-corrected chi connectivity index (χ1v) is 11.9. The molecule has 0 bridgehead atoms. The molecule has 0 saturated carbocycles. The van der Waals surface area contributed by atoms with E-state index in [9.17, 15) is 19.2 Å². The first-order chi connectivity index (χ1) is 17.6. The van der Waals surface area contributed by atoms with Crippen molar-refractivity contribution >= 4 is 64.0 Å². The van der Waals surface area contributed by atoms with Crippen LogP contribution in [0, 0.1) is 0 Å². The molecule has 8 nitrogen and oxygen atoms in total. The summed E-state index contributed by atoms with van der Waals surface area (Å²) in [5.41, 5.74) is 1.37. The second-order valence-corrected chi connectivity index (χ2v) is 9.12. The third-order valence-electron chi connectivity index (χ3n) is 5.19. The van der Waals surface area contributed by atoms with Crippen LogP contribution in [-0.4, -0.2) is 29.8 Å². The quantitative estimate of drug-likeness (QED) is 0.300. The van der Waals surface area contributed by atoms with Crippen LogP contribution in [0.25, 0.3) is 0 Å². The highest BCUT2D eigenvalue weighted by Gasteiger charge is 2.39. The first-order valence-electron chi connectivity index (χ1n) is 11.2. The fraction of sp³-hybridized carbons (Fsp3) is 0.111. The van der Waals surface area contributed by atoms with E-state index in [-0.39, 0.29) is 28.1 Å². The van der Waals surface area contributed by atoms with Gasteiger partial charge in [0.2, 0.25) is 0 Å². The van der Waals surface area contributed by atoms with Gasteiger partial charge in [-0.2, -0.15) is 0 Å². The smallest absolute Gasteiger partial charge is 0.338 e. The van der Waals surface area contributed by atoms with Crippen LogP contribution in [0.3, 0.4) is 0 Å². The Morgan fingerprint density at radius 3 is 2.24 bits per heavy atom. The summed E-state index contributed by atoms with van der Waals surface area (Å²) in [4.78, 5) is 51.9. The maximum absolute atomic E-state index is 13.2. The van der Waals surface area contributed by atoms with Gasteiger partial charge in [-0.25, -0.2) is 9.69 Å². The second kappa shape index (κ2) is 10.9. The lowest BCUT2D eigenvalue weighted by atomic mass is 10.1. The maximum Gasteiger partial charge on any atom is 0.338 e. The number of amides is 3. The van der Waals surface area contributed by atoms with Gasteiger partial charge in [0.1, 0.15) is 10.7 Å². The SMILES string of the molecule is CC(C)OC(=O)c1cccc(N2C(=O)C(Cl)=C(Nc3cccc(C(=O)Nc4cccc(Cl)c4)c3)C2=O)c1. The number of benzene rings is 3. The highest BCUT2D eigenvalue weighted by molar-refractivity contribution is 6.53. The Morgan fingerprint density at radius 2 is 1.51 bits per heavy atom. The van der Waals surface area contributed by atoms with Gasteiger partial charge < -0.3 is 15.4 Å². The topological polar surface area (TPSA) is 105 Å². The van der Waals surface area contributed by atoms with Crippen molar-refractivity contribution in [2.75, 3.05) is 15.5 Å². The molecule has 3 amide bonds. The zero-order chi connectivity index (χ0) is 26.7. The van der Waals surface area contributed by atoms with Crippen LogP contribution in [0.5, 0.6) is 0 Å². The van der Waals surface area contributed by atoms with Gasteiger partial charge in [0.25, 0.3) is 17.7 Å². The number of esters is 1. The fourth-order valence-corrected chi connectivity index (χ4v) is 3.95. The molecular formula is C27H21Cl2N3O5. The van der Waals surface area contributed by atoms with E-state index in [0.29, 0.717) is 22.0 Å². The average molecular weight is 538 g/mol. The van der Waals surface area contributed by atoms with Gasteiger partial charge in [-0.1, -0.05) is 41.4 Å². The number of nitrogens with one attached hydrogen (secondary N) is 2. The number of carbonyl (C=O) groups is 4. The van der Waals surface area contributed by atoms with Crippen LogP contribution >= 0.6 is 23.2 Å². The third-order valence-corrected chi connectivity index (χ3v) is 5.77. The van der Waals surface area contributed by atoms with Gasteiger partial charge in [-0.15, -0.1) is 0 Å². The van der Waals surface area contributed by atoms with Gasteiger partial charge in [0, 0.05) is 22.0 Å². The minimum absolute atomic E-state index is 0.158. The molecular weight excluding hydrogens is 517 g/mol. The molecule has 0 radical (unpaired) electrons. The van der Waals surface area contributed by atoms with Crippen LogP contribution in [0.15, 0.2) is 83.5 Å². The number of nitrogens with zero attached hydrogens (tertiary/aromatic N) is 1. The Bertz CT molecular complexity index is 1450. The predicted octanol–water partition coefficient (Wildman–Crippen LogP) is 5.59. The van der Waals surface area contributed by atoms with Crippen molar-refractivity contribution in [1.29, 1.82) is 0 Å². The average Bonchev–Trinajstić information content (AvgIpc) is 3.07. The lowest BCUT2D eigenvalue weighted by Gasteiger charge is -2.16. The summed E-state index contributed by atoms with van der Waals surface area (Å²) >= 11 is 12.2. The largest absolute Gasteiger partial charge is 0.459 e. The van der Waals surface area contributed by atoms with Crippen LogP contribution < -0.4 is 15.5 Å². The molecule has 3 aromatic rings. The van der Waals surface area contributed by atoms with E-state index >= 15 is 0 Å². The molecule has 1 aliphatic rings. The highest BCUT2D eigenvalue weighted by atomic mass is 35.5. The zero-order valence-electron chi connectivity index (χ0n) is 19.7. The summed E-state index contributed by atoms with van der Waals surface area (Å²) in [6.45, 7) is 3.43. The van der Waals surface area contributed by atoms with Crippen LogP contribution in [0.2, 0.25) is 5.02 Å². The van der Waals surface area contributed by atoms with E-state index in [1.54, 1.807) is 56.3 Å². The van der Waals surface area contributed by atoms with E-state index < -0.39 is 23.7 Å². The number of anilines is 3. The number of hydrogen-bond donors (Lipinski definition) is 2. The lowest BCUT2D eigenvalue weighted by molar-refractivity contribution is -0.120. The van der Waals surface area contributed by atoms with Crippen LogP contribution in [0.4, 0.5) is 17.1 Å². The zero-order valence-corrected chi connectivity index (χ0v) is 21.3. The Kier molecular flexibility index (Phi) is 7.61. The molecule has 4 rings (SSSR count). The summed E-state index contributed by atoms with van der Waals surface area (Å²) in [7, 11) is 0. The number of carbonyl (C=O) groups excluding carboxylic acids is 4. The number of hydrogen-bond acceptors (Lipinski definition) is 6. The van der Waals surface area contributed by atoms with Gasteiger partial charge in [0.05, 0.1) is 17.4 Å². The van der Waals surface area contributed by atoms with Crippen molar-refractivity contribution in [2.24, 2.45) is 0 Å². The molecule has 1 heterocycles. The van der Waals surface area contributed by atoms with Gasteiger partial charge in [-0.3, -0.25) is 14.4 Å². The third kappa shape index (κ3) is 5.82. The fourth-order valence-electron chi connectivity index (χ4n) is 3.55. The molecule has 0 aliphatic carbocycles. The van der Waals surface area contributed by atoms with Crippen LogP contribution in [0.1, 0.15) is 34.6 Å². The summed E-state index contributed by atoms with van der Waals surface area (Å²) < 4.78 is 5.19. The molecule has 0 saturated heterocycles. The Labute approximate surface area is 222 Å². The van der Waals surface area contributed by atoms with Crippen molar-refractivity contribution in [2.45, 2.75) is 20.0 Å². The maximum atomic E-state index is 13.2. The monoisotopic (exact) mass is 537 g/mol. The number of halogens is 2. The Hall–Kier alpha value is -4.14.